The molecule has 0 bridgehead atoms. The van der Waals surface area contributed by atoms with Crippen LogP contribution in [0.15, 0.2) is 11.6 Å². The van der Waals surface area contributed by atoms with Crippen molar-refractivity contribution in [3.8, 4) is 0 Å². The third-order valence-electron chi connectivity index (χ3n) is 2.66. The van der Waals surface area contributed by atoms with E-state index in [-0.39, 0.29) is 11.8 Å². The summed E-state index contributed by atoms with van der Waals surface area (Å²) in [7, 11) is 0. The van der Waals surface area contributed by atoms with Crippen LogP contribution < -0.4 is 11.5 Å². The summed E-state index contributed by atoms with van der Waals surface area (Å²) in [5.41, 5.74) is 12.2. The van der Waals surface area contributed by atoms with E-state index in [4.69, 9.17) is 11.5 Å². The Morgan fingerprint density at radius 1 is 1.69 bits per heavy atom. The summed E-state index contributed by atoms with van der Waals surface area (Å²) in [6.07, 6.45) is 4.13. The Hall–Kier alpha value is -0.830. The molecular weight excluding hydrogens is 164 g/mol. The molecule has 3 unspecified atom stereocenters. The Labute approximate surface area is 79.2 Å². The summed E-state index contributed by atoms with van der Waals surface area (Å²) in [6, 6.07) is -0.480. The predicted molar refractivity (Wildman–Crippen MR) is 52.8 cm³/mol. The maximum Gasteiger partial charge on any atom is 0.234 e. The van der Waals surface area contributed by atoms with Gasteiger partial charge in [-0.15, -0.1) is 0 Å². The van der Waals surface area contributed by atoms with Crippen molar-refractivity contribution in [1.29, 1.82) is 0 Å². The van der Waals surface area contributed by atoms with E-state index >= 15 is 0 Å². The zero-order valence-corrected chi connectivity index (χ0v) is 8.29. The highest BCUT2D eigenvalue weighted by Gasteiger charge is 2.26. The van der Waals surface area contributed by atoms with Crippen molar-refractivity contribution in [3.63, 3.8) is 0 Å². The molecule has 3 nitrogen and oxygen atoms in total. The van der Waals surface area contributed by atoms with Crippen LogP contribution in [0.3, 0.4) is 0 Å². The van der Waals surface area contributed by atoms with Crippen LogP contribution in [0.1, 0.15) is 26.7 Å². The van der Waals surface area contributed by atoms with Crippen LogP contribution >= 0.6 is 0 Å². The first-order chi connectivity index (χ1) is 6.00. The second-order valence-corrected chi connectivity index (χ2v) is 4.12. The largest absolute Gasteiger partial charge is 0.368 e. The fourth-order valence-corrected chi connectivity index (χ4v) is 2.10. The molecule has 0 aromatic carbocycles. The molecule has 13 heavy (non-hydrogen) atoms. The van der Waals surface area contributed by atoms with Gasteiger partial charge in [0.1, 0.15) is 0 Å². The standard InChI is InChI=1S/C10H18N2O/c1-6-3-7(2)5-8(4-6)9(11)10(12)13/h3,6,8-9H,4-5,11H2,1-2H3,(H2,12,13). The molecule has 0 heterocycles. The van der Waals surface area contributed by atoms with Gasteiger partial charge in [-0.3, -0.25) is 4.79 Å². The number of carbonyl (C=O) groups is 1. The van der Waals surface area contributed by atoms with E-state index in [9.17, 15) is 4.79 Å². The molecule has 1 amide bonds. The van der Waals surface area contributed by atoms with E-state index < -0.39 is 6.04 Å². The molecule has 3 heteroatoms. The summed E-state index contributed by atoms with van der Waals surface area (Å²) >= 11 is 0. The highest BCUT2D eigenvalue weighted by Crippen LogP contribution is 2.29. The lowest BCUT2D eigenvalue weighted by molar-refractivity contribution is -0.120. The maximum atomic E-state index is 10.9. The normalized spacial score (nSPS) is 30.8. The molecule has 1 aliphatic carbocycles. The first-order valence-corrected chi connectivity index (χ1v) is 4.73. The van der Waals surface area contributed by atoms with Crippen LogP contribution in [0.2, 0.25) is 0 Å². The molecule has 0 spiro atoms. The number of amides is 1. The minimum absolute atomic E-state index is 0.234. The van der Waals surface area contributed by atoms with Gasteiger partial charge >= 0.3 is 0 Å². The number of allylic oxidation sites excluding steroid dienone is 2. The fraction of sp³-hybridized carbons (Fsp3) is 0.700. The number of hydrogen-bond acceptors (Lipinski definition) is 2. The van der Waals surface area contributed by atoms with Crippen molar-refractivity contribution in [2.75, 3.05) is 0 Å². The summed E-state index contributed by atoms with van der Waals surface area (Å²) in [6.45, 7) is 4.22. The number of hydrogen-bond donors (Lipinski definition) is 2. The Morgan fingerprint density at radius 3 is 2.77 bits per heavy atom. The second kappa shape index (κ2) is 3.92. The zero-order valence-electron chi connectivity index (χ0n) is 8.29. The van der Waals surface area contributed by atoms with Crippen molar-refractivity contribution in [2.24, 2.45) is 23.3 Å². The monoisotopic (exact) mass is 182 g/mol. The first kappa shape index (κ1) is 10.3. The van der Waals surface area contributed by atoms with Crippen molar-refractivity contribution in [2.45, 2.75) is 32.7 Å². The molecule has 0 fully saturated rings. The van der Waals surface area contributed by atoms with Crippen molar-refractivity contribution in [3.05, 3.63) is 11.6 Å². The molecule has 0 saturated heterocycles. The second-order valence-electron chi connectivity index (χ2n) is 4.12. The summed E-state index contributed by atoms with van der Waals surface area (Å²) in [5.74, 6) is 0.369. The third-order valence-corrected chi connectivity index (χ3v) is 2.66. The number of nitrogens with two attached hydrogens (primary N) is 2. The van der Waals surface area contributed by atoms with Crippen molar-refractivity contribution in [1.82, 2.24) is 0 Å². The van der Waals surface area contributed by atoms with Crippen LogP contribution in [-0.4, -0.2) is 11.9 Å². The minimum Gasteiger partial charge on any atom is -0.368 e. The van der Waals surface area contributed by atoms with Gasteiger partial charge in [-0.1, -0.05) is 18.6 Å². The summed E-state index contributed by atoms with van der Waals surface area (Å²) in [5, 5.41) is 0. The van der Waals surface area contributed by atoms with E-state index in [1.54, 1.807) is 0 Å². The quantitative estimate of drug-likeness (QED) is 0.620. The van der Waals surface area contributed by atoms with Crippen LogP contribution in [0.5, 0.6) is 0 Å². The zero-order chi connectivity index (χ0) is 10.0. The number of carbonyl (C=O) groups excluding carboxylic acids is 1. The lowest BCUT2D eigenvalue weighted by Gasteiger charge is -2.28. The molecule has 1 rings (SSSR count). The smallest absolute Gasteiger partial charge is 0.234 e. The van der Waals surface area contributed by atoms with E-state index in [0.717, 1.165) is 12.8 Å². The molecule has 3 atom stereocenters. The van der Waals surface area contributed by atoms with Gasteiger partial charge in [-0.05, 0) is 31.6 Å². The lowest BCUT2D eigenvalue weighted by atomic mass is 9.80. The first-order valence-electron chi connectivity index (χ1n) is 4.73. The molecule has 0 radical (unpaired) electrons. The highest BCUT2D eigenvalue weighted by molar-refractivity contribution is 5.80. The minimum atomic E-state index is -0.480. The fourth-order valence-electron chi connectivity index (χ4n) is 2.10. The van der Waals surface area contributed by atoms with Gasteiger partial charge in [-0.25, -0.2) is 0 Å². The van der Waals surface area contributed by atoms with Gasteiger partial charge in [0.15, 0.2) is 0 Å². The Morgan fingerprint density at radius 2 is 2.31 bits per heavy atom. The van der Waals surface area contributed by atoms with Gasteiger partial charge < -0.3 is 11.5 Å². The lowest BCUT2D eigenvalue weighted by Crippen LogP contribution is -2.43. The van der Waals surface area contributed by atoms with E-state index in [2.05, 4.69) is 19.9 Å². The van der Waals surface area contributed by atoms with Gasteiger partial charge in [0.2, 0.25) is 5.91 Å². The van der Waals surface area contributed by atoms with Crippen molar-refractivity contribution < 1.29 is 4.79 Å². The summed E-state index contributed by atoms with van der Waals surface area (Å²) < 4.78 is 0. The maximum absolute atomic E-state index is 10.9. The SMILES string of the molecule is CC1=CC(C)CC(C(N)C(N)=O)C1. The molecule has 74 valence electrons. The molecule has 0 aliphatic heterocycles. The highest BCUT2D eigenvalue weighted by atomic mass is 16.1. The Bertz CT molecular complexity index is 235. The molecule has 0 saturated carbocycles. The van der Waals surface area contributed by atoms with Gasteiger partial charge in [0.25, 0.3) is 0 Å². The Balaban J connectivity index is 2.64. The molecule has 0 aromatic heterocycles. The average Bonchev–Trinajstić information content (AvgIpc) is 2.01. The van der Waals surface area contributed by atoms with E-state index in [1.165, 1.54) is 5.57 Å². The average molecular weight is 182 g/mol. The molecule has 4 N–H and O–H groups in total. The van der Waals surface area contributed by atoms with E-state index in [0.29, 0.717) is 5.92 Å². The Kier molecular flexibility index (Phi) is 3.09. The van der Waals surface area contributed by atoms with Gasteiger partial charge in [0, 0.05) is 0 Å². The predicted octanol–water partition coefficient (Wildman–Crippen LogP) is 0.791. The third kappa shape index (κ3) is 2.56. The van der Waals surface area contributed by atoms with Crippen LogP contribution in [0.25, 0.3) is 0 Å². The molecule has 1 aliphatic rings. The van der Waals surface area contributed by atoms with Crippen molar-refractivity contribution >= 4 is 5.91 Å². The van der Waals surface area contributed by atoms with Gasteiger partial charge in [0.05, 0.1) is 6.04 Å². The van der Waals surface area contributed by atoms with Crippen LogP contribution in [0, 0.1) is 11.8 Å². The van der Waals surface area contributed by atoms with Crippen LogP contribution in [0.4, 0.5) is 0 Å². The topological polar surface area (TPSA) is 69.1 Å². The molecule has 0 aromatic rings. The van der Waals surface area contributed by atoms with Gasteiger partial charge in [-0.2, -0.15) is 0 Å². The summed E-state index contributed by atoms with van der Waals surface area (Å²) in [4.78, 5) is 10.9. The van der Waals surface area contributed by atoms with E-state index in [1.807, 2.05) is 0 Å². The van der Waals surface area contributed by atoms with Crippen LogP contribution in [-0.2, 0) is 4.79 Å². The number of rotatable bonds is 2. The number of primary amides is 1. The molecular formula is C10H18N2O.